The average molecular weight is 204 g/mol. The standard InChI is InChI=1S/C10H20O2S/c1-8(7-11)9(12)10(13)5-3-2-4-6-10/h8-9,11-13H,2-7H2,1H3/t8-,9-/m1/s1. The molecule has 0 aromatic rings. The molecule has 0 aromatic carbocycles. The Labute approximate surface area is 85.8 Å². The summed E-state index contributed by atoms with van der Waals surface area (Å²) in [5, 5.41) is 18.9. The normalized spacial score (nSPS) is 26.8. The molecule has 1 aliphatic carbocycles. The Morgan fingerprint density at radius 2 is 1.85 bits per heavy atom. The summed E-state index contributed by atoms with van der Waals surface area (Å²) in [4.78, 5) is 0. The SMILES string of the molecule is C[C@H](CO)[C@@H](O)C1(S)CCCCC1. The molecule has 2 atom stereocenters. The molecule has 78 valence electrons. The summed E-state index contributed by atoms with van der Waals surface area (Å²) in [7, 11) is 0. The van der Waals surface area contributed by atoms with Gasteiger partial charge >= 0.3 is 0 Å². The van der Waals surface area contributed by atoms with Crippen LogP contribution >= 0.6 is 12.6 Å². The summed E-state index contributed by atoms with van der Waals surface area (Å²) in [5.74, 6) is -0.0596. The number of thiol groups is 1. The number of aliphatic hydroxyl groups is 2. The van der Waals surface area contributed by atoms with Crippen LogP contribution in [0.4, 0.5) is 0 Å². The maximum absolute atomic E-state index is 9.97. The highest BCUT2D eigenvalue weighted by atomic mass is 32.1. The second kappa shape index (κ2) is 4.67. The van der Waals surface area contributed by atoms with E-state index in [4.69, 9.17) is 5.11 Å². The van der Waals surface area contributed by atoms with Gasteiger partial charge in [0.25, 0.3) is 0 Å². The van der Waals surface area contributed by atoms with Crippen LogP contribution in [0, 0.1) is 5.92 Å². The van der Waals surface area contributed by atoms with Crippen LogP contribution in [0.5, 0.6) is 0 Å². The lowest BCUT2D eigenvalue weighted by molar-refractivity contribution is 0.0340. The first-order chi connectivity index (χ1) is 6.10. The summed E-state index contributed by atoms with van der Waals surface area (Å²) in [6.45, 7) is 1.92. The summed E-state index contributed by atoms with van der Waals surface area (Å²) in [6.07, 6.45) is 5.03. The Bertz CT molecular complexity index is 155. The average Bonchev–Trinajstić information content (AvgIpc) is 2.16. The Morgan fingerprint density at radius 3 is 2.31 bits per heavy atom. The molecule has 0 aromatic heterocycles. The van der Waals surface area contributed by atoms with Crippen molar-refractivity contribution in [2.24, 2.45) is 5.92 Å². The zero-order valence-corrected chi connectivity index (χ0v) is 9.13. The minimum atomic E-state index is -0.471. The minimum Gasteiger partial charge on any atom is -0.396 e. The van der Waals surface area contributed by atoms with Crippen LogP contribution in [0.2, 0.25) is 0 Å². The molecule has 0 heterocycles. The van der Waals surface area contributed by atoms with Crippen LogP contribution in [0.1, 0.15) is 39.0 Å². The van der Waals surface area contributed by atoms with Gasteiger partial charge in [0, 0.05) is 17.3 Å². The van der Waals surface area contributed by atoms with E-state index in [2.05, 4.69) is 12.6 Å². The van der Waals surface area contributed by atoms with Crippen molar-refractivity contribution in [3.63, 3.8) is 0 Å². The van der Waals surface area contributed by atoms with E-state index < -0.39 is 6.10 Å². The van der Waals surface area contributed by atoms with Gasteiger partial charge in [-0.2, -0.15) is 12.6 Å². The zero-order valence-electron chi connectivity index (χ0n) is 8.24. The van der Waals surface area contributed by atoms with Gasteiger partial charge in [0.15, 0.2) is 0 Å². The van der Waals surface area contributed by atoms with Gasteiger partial charge in [-0.05, 0) is 12.8 Å². The lowest BCUT2D eigenvalue weighted by atomic mass is 9.80. The molecule has 0 bridgehead atoms. The molecule has 1 aliphatic rings. The molecule has 0 saturated heterocycles. The fourth-order valence-electron chi connectivity index (χ4n) is 2.09. The third-order valence-corrected chi connectivity index (χ3v) is 3.81. The quantitative estimate of drug-likeness (QED) is 0.611. The molecule has 0 aliphatic heterocycles. The van der Waals surface area contributed by atoms with E-state index in [0.29, 0.717) is 0 Å². The van der Waals surface area contributed by atoms with Crippen molar-refractivity contribution in [2.45, 2.75) is 49.9 Å². The molecule has 1 rings (SSSR count). The van der Waals surface area contributed by atoms with E-state index in [-0.39, 0.29) is 17.3 Å². The second-order valence-corrected chi connectivity index (χ2v) is 5.16. The molecule has 2 N–H and O–H groups in total. The number of hydrogen-bond donors (Lipinski definition) is 3. The van der Waals surface area contributed by atoms with Crippen LogP contribution in [-0.4, -0.2) is 27.7 Å². The van der Waals surface area contributed by atoms with Crippen LogP contribution in [0.15, 0.2) is 0 Å². The van der Waals surface area contributed by atoms with E-state index in [1.807, 2.05) is 6.92 Å². The summed E-state index contributed by atoms with van der Waals surface area (Å²) >= 11 is 4.58. The van der Waals surface area contributed by atoms with Crippen molar-refractivity contribution in [3.05, 3.63) is 0 Å². The van der Waals surface area contributed by atoms with Gasteiger partial charge < -0.3 is 10.2 Å². The highest BCUT2D eigenvalue weighted by Gasteiger charge is 2.37. The predicted octanol–water partition coefficient (Wildman–Crippen LogP) is 1.61. The van der Waals surface area contributed by atoms with Crippen LogP contribution < -0.4 is 0 Å². The van der Waals surface area contributed by atoms with Gasteiger partial charge in [-0.25, -0.2) is 0 Å². The van der Waals surface area contributed by atoms with Crippen molar-refractivity contribution >= 4 is 12.6 Å². The maximum Gasteiger partial charge on any atom is 0.0731 e. The molecule has 0 unspecified atom stereocenters. The molecule has 0 spiro atoms. The van der Waals surface area contributed by atoms with E-state index in [1.165, 1.54) is 6.42 Å². The number of hydrogen-bond acceptors (Lipinski definition) is 3. The second-order valence-electron chi connectivity index (χ2n) is 4.27. The third kappa shape index (κ3) is 2.61. The van der Waals surface area contributed by atoms with Gasteiger partial charge in [0.05, 0.1) is 6.10 Å². The fraction of sp³-hybridized carbons (Fsp3) is 1.00. The van der Waals surface area contributed by atoms with Gasteiger partial charge in [-0.1, -0.05) is 26.2 Å². The Hall–Kier alpha value is 0.270. The van der Waals surface area contributed by atoms with Crippen molar-refractivity contribution in [3.8, 4) is 0 Å². The van der Waals surface area contributed by atoms with Gasteiger partial charge in [0.2, 0.25) is 0 Å². The molecule has 13 heavy (non-hydrogen) atoms. The highest BCUT2D eigenvalue weighted by Crippen LogP contribution is 2.38. The van der Waals surface area contributed by atoms with Gasteiger partial charge in [-0.3, -0.25) is 0 Å². The molecular weight excluding hydrogens is 184 g/mol. The monoisotopic (exact) mass is 204 g/mol. The molecule has 2 nitrogen and oxygen atoms in total. The largest absolute Gasteiger partial charge is 0.396 e. The molecule has 0 amide bonds. The van der Waals surface area contributed by atoms with E-state index in [1.54, 1.807) is 0 Å². The van der Waals surface area contributed by atoms with Crippen LogP contribution in [-0.2, 0) is 0 Å². The number of rotatable bonds is 3. The Kier molecular flexibility index (Phi) is 4.07. The molecule has 3 heteroatoms. The van der Waals surface area contributed by atoms with Crippen molar-refractivity contribution in [1.82, 2.24) is 0 Å². The summed E-state index contributed by atoms with van der Waals surface area (Å²) < 4.78 is -0.250. The first kappa shape index (κ1) is 11.3. The maximum atomic E-state index is 9.97. The summed E-state index contributed by atoms with van der Waals surface area (Å²) in [6, 6.07) is 0. The molecule has 0 radical (unpaired) electrons. The van der Waals surface area contributed by atoms with E-state index in [9.17, 15) is 5.11 Å². The van der Waals surface area contributed by atoms with Gasteiger partial charge in [0.1, 0.15) is 0 Å². The Morgan fingerprint density at radius 1 is 1.31 bits per heavy atom. The molecule has 1 saturated carbocycles. The molecule has 1 fully saturated rings. The fourth-order valence-corrected chi connectivity index (χ4v) is 2.66. The van der Waals surface area contributed by atoms with Crippen molar-refractivity contribution in [1.29, 1.82) is 0 Å². The number of aliphatic hydroxyl groups excluding tert-OH is 2. The zero-order chi connectivity index (χ0) is 9.90. The predicted molar refractivity (Wildman–Crippen MR) is 57.1 cm³/mol. The minimum absolute atomic E-state index is 0.0451. The topological polar surface area (TPSA) is 40.5 Å². The lowest BCUT2D eigenvalue weighted by Crippen LogP contribution is -2.43. The Balaban J connectivity index is 2.55. The van der Waals surface area contributed by atoms with Crippen molar-refractivity contribution < 1.29 is 10.2 Å². The summed E-state index contributed by atoms with van der Waals surface area (Å²) in [5.41, 5.74) is 0. The van der Waals surface area contributed by atoms with Crippen molar-refractivity contribution in [2.75, 3.05) is 6.61 Å². The smallest absolute Gasteiger partial charge is 0.0731 e. The first-order valence-corrected chi connectivity index (χ1v) is 5.56. The first-order valence-electron chi connectivity index (χ1n) is 5.11. The van der Waals surface area contributed by atoms with Gasteiger partial charge in [-0.15, -0.1) is 0 Å². The van der Waals surface area contributed by atoms with E-state index in [0.717, 1.165) is 25.7 Å². The van der Waals surface area contributed by atoms with Crippen LogP contribution in [0.25, 0.3) is 0 Å². The lowest BCUT2D eigenvalue weighted by Gasteiger charge is -2.39. The molecular formula is C10H20O2S. The van der Waals surface area contributed by atoms with Crippen LogP contribution in [0.3, 0.4) is 0 Å². The highest BCUT2D eigenvalue weighted by molar-refractivity contribution is 7.81. The van der Waals surface area contributed by atoms with E-state index >= 15 is 0 Å². The third-order valence-electron chi connectivity index (χ3n) is 3.10.